The summed E-state index contributed by atoms with van der Waals surface area (Å²) in [4.78, 5) is 24.4. The topological polar surface area (TPSA) is 95.5 Å². The van der Waals surface area contributed by atoms with Crippen molar-refractivity contribution in [2.75, 3.05) is 25.5 Å². The molecular weight excluding hydrogens is 434 g/mol. The number of hydrogen-bond acceptors (Lipinski definition) is 7. The van der Waals surface area contributed by atoms with Crippen LogP contribution in [-0.4, -0.2) is 53.6 Å². The highest BCUT2D eigenvalue weighted by Crippen LogP contribution is 2.29. The van der Waals surface area contributed by atoms with Crippen molar-refractivity contribution in [3.05, 3.63) is 71.0 Å². The Bertz CT molecular complexity index is 1150. The first kappa shape index (κ1) is 21.6. The molecule has 10 heteroatoms. The minimum absolute atomic E-state index is 0.0496. The number of amides is 1. The Labute approximate surface area is 185 Å². The summed E-state index contributed by atoms with van der Waals surface area (Å²) in [5.74, 6) is -0.429. The quantitative estimate of drug-likeness (QED) is 0.585. The molecule has 31 heavy (non-hydrogen) atoms. The third-order valence-electron chi connectivity index (χ3n) is 5.01. The molecule has 162 valence electrons. The number of hydrogen-bond donors (Lipinski definition) is 1. The van der Waals surface area contributed by atoms with Crippen molar-refractivity contribution in [2.24, 2.45) is 0 Å². The van der Waals surface area contributed by atoms with Gasteiger partial charge in [0.05, 0.1) is 12.2 Å². The van der Waals surface area contributed by atoms with Crippen molar-refractivity contribution < 1.29 is 13.2 Å². The number of nitrogens with one attached hydrogen (secondary N) is 1. The first-order chi connectivity index (χ1) is 14.9. The number of likely N-dealkylation sites (N-methyl/N-ethyl adjacent to an activating group) is 1. The molecule has 0 bridgehead atoms. The lowest BCUT2D eigenvalue weighted by Gasteiger charge is -2.25. The molecule has 0 radical (unpaired) electrons. The van der Waals surface area contributed by atoms with E-state index < -0.39 is 15.9 Å². The van der Waals surface area contributed by atoms with Crippen molar-refractivity contribution in [3.63, 3.8) is 0 Å². The first-order valence-corrected chi connectivity index (χ1v) is 12.1. The van der Waals surface area contributed by atoms with Gasteiger partial charge >= 0.3 is 0 Å². The number of anilines is 1. The number of carbonyl (C=O) groups is 1. The Morgan fingerprint density at radius 2 is 2.03 bits per heavy atom. The second-order valence-electron chi connectivity index (χ2n) is 7.33. The molecule has 1 N–H and O–H groups in total. The van der Waals surface area contributed by atoms with Crippen LogP contribution in [0.4, 0.5) is 5.13 Å². The normalized spacial score (nSPS) is 14.4. The Hall–Kier alpha value is -2.66. The number of pyridine rings is 1. The molecule has 0 fully saturated rings. The fraction of sp³-hybridized carbons (Fsp3) is 0.286. The third-order valence-corrected chi connectivity index (χ3v) is 7.80. The van der Waals surface area contributed by atoms with Gasteiger partial charge in [0.25, 0.3) is 0 Å². The van der Waals surface area contributed by atoms with Crippen molar-refractivity contribution in [2.45, 2.75) is 24.4 Å². The van der Waals surface area contributed by atoms with E-state index in [0.717, 1.165) is 40.9 Å². The third kappa shape index (κ3) is 5.16. The zero-order chi connectivity index (χ0) is 21.8. The SMILES string of the molecule is CN(CC(=O)Nc1nc2c(s1)CN(Cc1ccccc1)CC2)S(=O)(=O)c1cccnc1. The molecular formula is C21H23N5O3S2. The lowest BCUT2D eigenvalue weighted by Crippen LogP contribution is -2.35. The van der Waals surface area contributed by atoms with Crippen LogP contribution < -0.4 is 5.32 Å². The highest BCUT2D eigenvalue weighted by atomic mass is 32.2. The number of fused-ring (bicyclic) bond motifs is 1. The van der Waals surface area contributed by atoms with Gasteiger partial charge in [0.2, 0.25) is 15.9 Å². The van der Waals surface area contributed by atoms with Gasteiger partial charge in [-0.1, -0.05) is 30.3 Å². The van der Waals surface area contributed by atoms with Crippen LogP contribution in [0.1, 0.15) is 16.1 Å². The maximum Gasteiger partial charge on any atom is 0.244 e. The van der Waals surface area contributed by atoms with Gasteiger partial charge in [-0.3, -0.25) is 14.7 Å². The second-order valence-corrected chi connectivity index (χ2v) is 10.5. The Balaban J connectivity index is 1.36. The van der Waals surface area contributed by atoms with Gasteiger partial charge < -0.3 is 5.32 Å². The second kappa shape index (κ2) is 9.23. The number of carbonyl (C=O) groups excluding carboxylic acids is 1. The summed E-state index contributed by atoms with van der Waals surface area (Å²) in [6, 6.07) is 13.3. The van der Waals surface area contributed by atoms with Crippen molar-refractivity contribution >= 4 is 32.4 Å². The molecule has 0 atom stereocenters. The zero-order valence-electron chi connectivity index (χ0n) is 17.1. The van der Waals surface area contributed by atoms with Crippen LogP contribution in [0, 0.1) is 0 Å². The van der Waals surface area contributed by atoms with Crippen molar-refractivity contribution in [1.82, 2.24) is 19.2 Å². The molecule has 0 spiro atoms. The predicted octanol–water partition coefficient (Wildman–Crippen LogP) is 2.36. The first-order valence-electron chi connectivity index (χ1n) is 9.83. The molecule has 3 heterocycles. The molecule has 2 aromatic heterocycles. The Morgan fingerprint density at radius 3 is 2.77 bits per heavy atom. The number of thiazole rings is 1. The van der Waals surface area contributed by atoms with E-state index >= 15 is 0 Å². The van der Waals surface area contributed by atoms with Crippen molar-refractivity contribution in [1.29, 1.82) is 0 Å². The minimum Gasteiger partial charge on any atom is -0.301 e. The van der Waals surface area contributed by atoms with E-state index in [2.05, 4.69) is 32.3 Å². The average Bonchev–Trinajstić information content (AvgIpc) is 3.16. The van der Waals surface area contributed by atoms with E-state index in [-0.39, 0.29) is 11.4 Å². The number of aromatic nitrogens is 2. The summed E-state index contributed by atoms with van der Waals surface area (Å²) in [7, 11) is -2.41. The molecule has 0 unspecified atom stereocenters. The predicted molar refractivity (Wildman–Crippen MR) is 119 cm³/mol. The van der Waals surface area contributed by atoms with Crippen LogP contribution in [0.25, 0.3) is 0 Å². The molecule has 1 aliphatic heterocycles. The lowest BCUT2D eigenvalue weighted by molar-refractivity contribution is -0.116. The number of sulfonamides is 1. The van der Waals surface area contributed by atoms with Crippen LogP contribution in [0.15, 0.2) is 59.8 Å². The summed E-state index contributed by atoms with van der Waals surface area (Å²) in [6.45, 7) is 2.26. The maximum atomic E-state index is 12.6. The molecule has 0 saturated heterocycles. The van der Waals surface area contributed by atoms with Gasteiger partial charge in [-0.05, 0) is 17.7 Å². The van der Waals surface area contributed by atoms with Crippen LogP contribution in [-0.2, 0) is 34.3 Å². The highest BCUT2D eigenvalue weighted by Gasteiger charge is 2.25. The fourth-order valence-electron chi connectivity index (χ4n) is 3.40. The smallest absolute Gasteiger partial charge is 0.244 e. The summed E-state index contributed by atoms with van der Waals surface area (Å²) >= 11 is 1.45. The summed E-state index contributed by atoms with van der Waals surface area (Å²) in [6.07, 6.45) is 3.58. The van der Waals surface area contributed by atoms with Gasteiger partial charge in [-0.25, -0.2) is 13.4 Å². The van der Waals surface area contributed by atoms with Crippen LogP contribution in [0.2, 0.25) is 0 Å². The van der Waals surface area contributed by atoms with E-state index in [9.17, 15) is 13.2 Å². The molecule has 0 saturated carbocycles. The highest BCUT2D eigenvalue weighted by molar-refractivity contribution is 7.89. The van der Waals surface area contributed by atoms with Crippen molar-refractivity contribution in [3.8, 4) is 0 Å². The molecule has 1 aromatic carbocycles. The zero-order valence-corrected chi connectivity index (χ0v) is 18.7. The number of benzene rings is 1. The van der Waals surface area contributed by atoms with E-state index in [1.807, 2.05) is 18.2 Å². The summed E-state index contributed by atoms with van der Waals surface area (Å²) in [5, 5.41) is 3.25. The molecule has 8 nitrogen and oxygen atoms in total. The molecule has 1 amide bonds. The van der Waals surface area contributed by atoms with Crippen LogP contribution >= 0.6 is 11.3 Å². The van der Waals surface area contributed by atoms with E-state index in [1.165, 1.54) is 42.4 Å². The Morgan fingerprint density at radius 1 is 1.23 bits per heavy atom. The Kier molecular flexibility index (Phi) is 6.42. The fourth-order valence-corrected chi connectivity index (χ4v) is 5.56. The van der Waals surface area contributed by atoms with Crippen LogP contribution in [0.5, 0.6) is 0 Å². The molecule has 0 aliphatic carbocycles. The van der Waals surface area contributed by atoms with Crippen LogP contribution in [0.3, 0.4) is 0 Å². The molecule has 4 rings (SSSR count). The van der Waals surface area contributed by atoms with Gasteiger partial charge in [-0.2, -0.15) is 4.31 Å². The molecule has 3 aromatic rings. The van der Waals surface area contributed by atoms with Gasteiger partial charge in [0.15, 0.2) is 5.13 Å². The lowest BCUT2D eigenvalue weighted by atomic mass is 10.1. The molecule has 1 aliphatic rings. The number of rotatable bonds is 7. The summed E-state index contributed by atoms with van der Waals surface area (Å²) < 4.78 is 26.1. The maximum absolute atomic E-state index is 12.6. The largest absolute Gasteiger partial charge is 0.301 e. The minimum atomic E-state index is -3.78. The average molecular weight is 458 g/mol. The van der Waals surface area contributed by atoms with E-state index in [1.54, 1.807) is 6.07 Å². The van der Waals surface area contributed by atoms with Gasteiger partial charge in [0, 0.05) is 50.4 Å². The van der Waals surface area contributed by atoms with Gasteiger partial charge in [0.1, 0.15) is 4.90 Å². The van der Waals surface area contributed by atoms with E-state index in [4.69, 9.17) is 0 Å². The monoisotopic (exact) mass is 457 g/mol. The number of nitrogens with zero attached hydrogens (tertiary/aromatic N) is 4. The van der Waals surface area contributed by atoms with E-state index in [0.29, 0.717) is 5.13 Å². The standard InChI is InChI=1S/C21H23N5O3S2/c1-25(31(28,29)17-8-5-10-22-12-17)15-20(27)24-21-23-18-9-11-26(14-19(18)30-21)13-16-6-3-2-4-7-16/h2-8,10,12H,9,11,13-15H2,1H3,(H,23,24,27). The summed E-state index contributed by atoms with van der Waals surface area (Å²) in [5.41, 5.74) is 2.27. The van der Waals surface area contributed by atoms with Gasteiger partial charge in [-0.15, -0.1) is 11.3 Å².